The first kappa shape index (κ1) is 17.6. The van der Waals surface area contributed by atoms with Crippen molar-refractivity contribution in [2.24, 2.45) is 10.9 Å². The van der Waals surface area contributed by atoms with Crippen molar-refractivity contribution in [1.29, 1.82) is 0 Å². The molecule has 2 rings (SSSR count). The lowest BCUT2D eigenvalue weighted by atomic mass is 10.1. The van der Waals surface area contributed by atoms with E-state index in [0.29, 0.717) is 0 Å². The SMILES string of the molecule is CCN1CCC(CNC(=NC)NCCc2ccc(OC)cc2)C1. The van der Waals surface area contributed by atoms with Crippen LogP contribution < -0.4 is 15.4 Å². The second-order valence-electron chi connectivity index (χ2n) is 6.03. The van der Waals surface area contributed by atoms with Crippen LogP contribution in [0.1, 0.15) is 18.9 Å². The molecule has 0 spiro atoms. The molecule has 0 radical (unpaired) electrons. The molecule has 1 aliphatic rings. The molecule has 1 saturated heterocycles. The van der Waals surface area contributed by atoms with Gasteiger partial charge in [0, 0.05) is 26.7 Å². The summed E-state index contributed by atoms with van der Waals surface area (Å²) in [5.74, 6) is 2.53. The number of hydrogen-bond acceptors (Lipinski definition) is 3. The monoisotopic (exact) mass is 318 g/mol. The van der Waals surface area contributed by atoms with Crippen LogP contribution in [-0.4, -0.2) is 57.7 Å². The van der Waals surface area contributed by atoms with E-state index in [1.54, 1.807) is 7.11 Å². The van der Waals surface area contributed by atoms with Gasteiger partial charge in [0.15, 0.2) is 5.96 Å². The zero-order valence-electron chi connectivity index (χ0n) is 14.6. The Labute approximate surface area is 140 Å². The minimum atomic E-state index is 0.732. The van der Waals surface area contributed by atoms with E-state index in [-0.39, 0.29) is 0 Å². The van der Waals surface area contributed by atoms with Gasteiger partial charge in [-0.3, -0.25) is 4.99 Å². The highest BCUT2D eigenvalue weighted by Gasteiger charge is 2.20. The first-order chi connectivity index (χ1) is 11.2. The van der Waals surface area contributed by atoms with Crippen molar-refractivity contribution in [1.82, 2.24) is 15.5 Å². The Morgan fingerprint density at radius 1 is 1.30 bits per heavy atom. The average Bonchev–Trinajstić information content (AvgIpc) is 3.06. The maximum atomic E-state index is 5.18. The maximum Gasteiger partial charge on any atom is 0.190 e. The van der Waals surface area contributed by atoms with E-state index < -0.39 is 0 Å². The van der Waals surface area contributed by atoms with Crippen LogP contribution in [0.5, 0.6) is 5.75 Å². The normalized spacial score (nSPS) is 18.9. The summed E-state index contributed by atoms with van der Waals surface area (Å²) in [6.07, 6.45) is 2.25. The lowest BCUT2D eigenvalue weighted by Crippen LogP contribution is -2.41. The molecule has 1 aromatic rings. The zero-order valence-corrected chi connectivity index (χ0v) is 14.6. The fourth-order valence-corrected chi connectivity index (χ4v) is 2.95. The van der Waals surface area contributed by atoms with Crippen molar-refractivity contribution >= 4 is 5.96 Å². The van der Waals surface area contributed by atoms with Crippen LogP contribution in [0.3, 0.4) is 0 Å². The van der Waals surface area contributed by atoms with Crippen LogP contribution >= 0.6 is 0 Å². The van der Waals surface area contributed by atoms with Gasteiger partial charge in [-0.05, 0) is 49.5 Å². The Hall–Kier alpha value is -1.75. The van der Waals surface area contributed by atoms with Gasteiger partial charge in [-0.15, -0.1) is 0 Å². The summed E-state index contributed by atoms with van der Waals surface area (Å²) in [5, 5.41) is 6.84. The predicted octanol–water partition coefficient (Wildman–Crippen LogP) is 1.74. The molecule has 1 fully saturated rings. The summed E-state index contributed by atoms with van der Waals surface area (Å²) in [5.41, 5.74) is 1.29. The molecule has 0 saturated carbocycles. The largest absolute Gasteiger partial charge is 0.497 e. The van der Waals surface area contributed by atoms with Gasteiger partial charge in [0.1, 0.15) is 5.75 Å². The first-order valence-electron chi connectivity index (χ1n) is 8.55. The lowest BCUT2D eigenvalue weighted by Gasteiger charge is -2.16. The second kappa shape index (κ2) is 9.40. The molecule has 1 unspecified atom stereocenters. The Kier molecular flexibility index (Phi) is 7.20. The quantitative estimate of drug-likeness (QED) is 0.594. The maximum absolute atomic E-state index is 5.18. The summed E-state index contributed by atoms with van der Waals surface area (Å²) in [4.78, 5) is 6.81. The summed E-state index contributed by atoms with van der Waals surface area (Å²) in [6, 6.07) is 8.22. The molecular formula is C18H30N4O. The van der Waals surface area contributed by atoms with Crippen molar-refractivity contribution in [3.05, 3.63) is 29.8 Å². The fourth-order valence-electron chi connectivity index (χ4n) is 2.95. The highest BCUT2D eigenvalue weighted by Crippen LogP contribution is 2.14. The summed E-state index contributed by atoms with van der Waals surface area (Å²) < 4.78 is 5.18. The molecule has 2 N–H and O–H groups in total. The molecule has 128 valence electrons. The van der Waals surface area contributed by atoms with Gasteiger partial charge in [0.25, 0.3) is 0 Å². The Bertz CT molecular complexity index is 486. The standard InChI is InChI=1S/C18H30N4O/c1-4-22-12-10-16(14-22)13-21-18(19-2)20-11-9-15-5-7-17(23-3)8-6-15/h5-8,16H,4,9-14H2,1-3H3,(H2,19,20,21). The zero-order chi connectivity index (χ0) is 16.5. The molecule has 5 nitrogen and oxygen atoms in total. The number of aliphatic imine (C=N–C) groups is 1. The van der Waals surface area contributed by atoms with Crippen molar-refractivity contribution in [2.45, 2.75) is 19.8 Å². The Balaban J connectivity index is 1.66. The van der Waals surface area contributed by atoms with Crippen LogP contribution in [0.15, 0.2) is 29.3 Å². The number of benzene rings is 1. The molecule has 1 atom stereocenters. The van der Waals surface area contributed by atoms with Gasteiger partial charge in [0.05, 0.1) is 7.11 Å². The molecule has 1 aromatic carbocycles. The number of hydrogen-bond donors (Lipinski definition) is 2. The third-order valence-electron chi connectivity index (χ3n) is 4.46. The van der Waals surface area contributed by atoms with Gasteiger partial charge >= 0.3 is 0 Å². The third-order valence-corrected chi connectivity index (χ3v) is 4.46. The molecule has 5 heteroatoms. The molecular weight excluding hydrogens is 288 g/mol. The molecule has 0 aliphatic carbocycles. The van der Waals surface area contributed by atoms with Crippen molar-refractivity contribution in [3.63, 3.8) is 0 Å². The van der Waals surface area contributed by atoms with Gasteiger partial charge < -0.3 is 20.3 Å². The Morgan fingerprint density at radius 2 is 2.09 bits per heavy atom. The number of methoxy groups -OCH3 is 1. The van der Waals surface area contributed by atoms with E-state index in [1.165, 1.54) is 25.1 Å². The van der Waals surface area contributed by atoms with E-state index in [0.717, 1.165) is 43.7 Å². The highest BCUT2D eigenvalue weighted by molar-refractivity contribution is 5.79. The first-order valence-corrected chi connectivity index (χ1v) is 8.55. The molecule has 0 aromatic heterocycles. The van der Waals surface area contributed by atoms with E-state index in [2.05, 4.69) is 39.6 Å². The minimum Gasteiger partial charge on any atom is -0.497 e. The van der Waals surface area contributed by atoms with Crippen LogP contribution in [0, 0.1) is 5.92 Å². The molecule has 1 aliphatic heterocycles. The van der Waals surface area contributed by atoms with E-state index in [1.807, 2.05) is 19.2 Å². The fraction of sp³-hybridized carbons (Fsp3) is 0.611. The third kappa shape index (κ3) is 5.75. The predicted molar refractivity (Wildman–Crippen MR) is 96.3 cm³/mol. The summed E-state index contributed by atoms with van der Waals surface area (Å²) in [6.45, 7) is 7.69. The van der Waals surface area contributed by atoms with Gasteiger partial charge in [-0.25, -0.2) is 0 Å². The number of ether oxygens (including phenoxy) is 1. The molecule has 1 heterocycles. The van der Waals surface area contributed by atoms with Crippen molar-refractivity contribution in [3.8, 4) is 5.75 Å². The molecule has 0 amide bonds. The minimum absolute atomic E-state index is 0.732. The van der Waals surface area contributed by atoms with Crippen LogP contribution in [0.25, 0.3) is 0 Å². The van der Waals surface area contributed by atoms with Gasteiger partial charge in [-0.1, -0.05) is 19.1 Å². The van der Waals surface area contributed by atoms with E-state index in [9.17, 15) is 0 Å². The number of nitrogens with zero attached hydrogens (tertiary/aromatic N) is 2. The van der Waals surface area contributed by atoms with E-state index in [4.69, 9.17) is 4.74 Å². The number of rotatable bonds is 7. The Morgan fingerprint density at radius 3 is 2.70 bits per heavy atom. The van der Waals surface area contributed by atoms with Gasteiger partial charge in [-0.2, -0.15) is 0 Å². The topological polar surface area (TPSA) is 48.9 Å². The second-order valence-corrected chi connectivity index (χ2v) is 6.03. The van der Waals surface area contributed by atoms with Crippen LogP contribution in [0.2, 0.25) is 0 Å². The number of guanidine groups is 1. The van der Waals surface area contributed by atoms with Crippen molar-refractivity contribution < 1.29 is 4.74 Å². The average molecular weight is 318 g/mol. The summed E-state index contributed by atoms with van der Waals surface area (Å²) in [7, 11) is 3.52. The number of likely N-dealkylation sites (tertiary alicyclic amines) is 1. The lowest BCUT2D eigenvalue weighted by molar-refractivity contribution is 0.342. The van der Waals surface area contributed by atoms with Crippen LogP contribution in [-0.2, 0) is 6.42 Å². The van der Waals surface area contributed by atoms with Crippen LogP contribution in [0.4, 0.5) is 0 Å². The summed E-state index contributed by atoms with van der Waals surface area (Å²) >= 11 is 0. The molecule has 0 bridgehead atoms. The van der Waals surface area contributed by atoms with E-state index >= 15 is 0 Å². The number of nitrogens with one attached hydrogen (secondary N) is 2. The van der Waals surface area contributed by atoms with Crippen molar-refractivity contribution in [2.75, 3.05) is 46.9 Å². The molecule has 23 heavy (non-hydrogen) atoms. The van der Waals surface area contributed by atoms with Gasteiger partial charge in [0.2, 0.25) is 0 Å². The highest BCUT2D eigenvalue weighted by atomic mass is 16.5. The smallest absolute Gasteiger partial charge is 0.190 e.